The van der Waals surface area contributed by atoms with Crippen LogP contribution in [-0.4, -0.2) is 27.4 Å². The maximum Gasteiger partial charge on any atom is 0.213 e. The molecule has 2 aromatic rings. The predicted octanol–water partition coefficient (Wildman–Crippen LogP) is 3.58. The van der Waals surface area contributed by atoms with Crippen molar-refractivity contribution in [2.24, 2.45) is 0 Å². The van der Waals surface area contributed by atoms with Crippen LogP contribution >= 0.6 is 0 Å². The largest absolute Gasteiger partial charge is 0.478 e. The molecule has 1 heterocycles. The Labute approximate surface area is 143 Å². The Morgan fingerprint density at radius 2 is 2.00 bits per heavy atom. The average Bonchev–Trinajstić information content (AvgIpc) is 2.88. The monoisotopic (exact) mass is 327 g/mol. The van der Waals surface area contributed by atoms with E-state index in [2.05, 4.69) is 11.1 Å². The lowest BCUT2D eigenvalue weighted by molar-refractivity contribution is 0.0547. The van der Waals surface area contributed by atoms with E-state index in [1.807, 2.05) is 31.2 Å². The molecule has 1 aliphatic rings. The van der Waals surface area contributed by atoms with Crippen LogP contribution in [0.1, 0.15) is 49.6 Å². The van der Waals surface area contributed by atoms with Gasteiger partial charge in [-0.25, -0.2) is 4.98 Å². The third-order valence-corrected chi connectivity index (χ3v) is 4.55. The van der Waals surface area contributed by atoms with Crippen molar-refractivity contribution in [1.82, 2.24) is 4.98 Å². The number of hydrogen-bond donors (Lipinski definition) is 2. The number of ether oxygens (including phenoxy) is 1. The molecule has 24 heavy (non-hydrogen) atoms. The van der Waals surface area contributed by atoms with Crippen LogP contribution in [-0.2, 0) is 6.42 Å². The molecule has 1 aromatic carbocycles. The van der Waals surface area contributed by atoms with Gasteiger partial charge in [0.05, 0.1) is 18.3 Å². The van der Waals surface area contributed by atoms with E-state index in [1.54, 1.807) is 13.8 Å². The first-order valence-electron chi connectivity index (χ1n) is 8.48. The Balaban J connectivity index is 1.82. The Bertz CT molecular complexity index is 734. The summed E-state index contributed by atoms with van der Waals surface area (Å²) in [6.07, 6.45) is 1.89. The van der Waals surface area contributed by atoms with Gasteiger partial charge in [0.2, 0.25) is 5.88 Å². The minimum Gasteiger partial charge on any atom is -0.478 e. The molecule has 3 rings (SSSR count). The van der Waals surface area contributed by atoms with E-state index in [0.717, 1.165) is 35.2 Å². The van der Waals surface area contributed by atoms with Crippen molar-refractivity contribution < 1.29 is 14.9 Å². The minimum absolute atomic E-state index is 0.349. The number of rotatable bonds is 5. The first-order chi connectivity index (χ1) is 11.3. The molecular formula is C20H25NO3. The van der Waals surface area contributed by atoms with Crippen LogP contribution < -0.4 is 4.74 Å². The Morgan fingerprint density at radius 1 is 1.21 bits per heavy atom. The molecule has 4 heteroatoms. The molecule has 0 spiro atoms. The summed E-state index contributed by atoms with van der Waals surface area (Å²) in [7, 11) is 0. The number of hydrogen-bond acceptors (Lipinski definition) is 4. The summed E-state index contributed by atoms with van der Waals surface area (Å²) in [5.41, 5.74) is 4.67. The minimum atomic E-state index is -0.736. The normalized spacial score (nSPS) is 17.0. The van der Waals surface area contributed by atoms with Gasteiger partial charge >= 0.3 is 0 Å². The molecule has 0 fully saturated rings. The Kier molecular flexibility index (Phi) is 4.61. The van der Waals surface area contributed by atoms with Gasteiger partial charge in [-0.3, -0.25) is 0 Å². The Hall–Kier alpha value is -1.91. The molecule has 0 bridgehead atoms. The summed E-state index contributed by atoms with van der Waals surface area (Å²) in [4.78, 5) is 4.55. The van der Waals surface area contributed by atoms with Crippen molar-refractivity contribution in [2.75, 3.05) is 6.61 Å². The van der Waals surface area contributed by atoms with Gasteiger partial charge in [-0.1, -0.05) is 18.2 Å². The molecule has 0 saturated carbocycles. The fourth-order valence-corrected chi connectivity index (χ4v) is 3.19. The van der Waals surface area contributed by atoms with Crippen LogP contribution in [0.4, 0.5) is 0 Å². The van der Waals surface area contributed by atoms with Crippen molar-refractivity contribution in [1.29, 1.82) is 0 Å². The highest BCUT2D eigenvalue weighted by Crippen LogP contribution is 2.38. The predicted molar refractivity (Wildman–Crippen MR) is 94.1 cm³/mol. The van der Waals surface area contributed by atoms with Crippen LogP contribution in [0.15, 0.2) is 30.3 Å². The first-order valence-corrected chi connectivity index (χ1v) is 8.48. The van der Waals surface area contributed by atoms with E-state index in [-0.39, 0.29) is 6.10 Å². The molecule has 0 saturated heterocycles. The van der Waals surface area contributed by atoms with Gasteiger partial charge in [0.25, 0.3) is 0 Å². The van der Waals surface area contributed by atoms with Crippen LogP contribution in [0.5, 0.6) is 5.88 Å². The second-order valence-electron chi connectivity index (χ2n) is 7.12. The average molecular weight is 327 g/mol. The van der Waals surface area contributed by atoms with Gasteiger partial charge in [-0.2, -0.15) is 0 Å². The highest BCUT2D eigenvalue weighted by atomic mass is 16.5. The molecule has 2 N–H and O–H groups in total. The van der Waals surface area contributed by atoms with E-state index in [0.29, 0.717) is 18.9 Å². The fourth-order valence-electron chi connectivity index (χ4n) is 3.19. The van der Waals surface area contributed by atoms with Crippen LogP contribution in [0.2, 0.25) is 0 Å². The van der Waals surface area contributed by atoms with Gasteiger partial charge in [0.1, 0.15) is 0 Å². The third kappa shape index (κ3) is 3.60. The molecule has 0 radical (unpaired) electrons. The summed E-state index contributed by atoms with van der Waals surface area (Å²) < 4.78 is 5.65. The number of nitrogens with zero attached hydrogens (tertiary/aromatic N) is 1. The second kappa shape index (κ2) is 6.54. The van der Waals surface area contributed by atoms with E-state index in [1.165, 1.54) is 5.56 Å². The zero-order chi connectivity index (χ0) is 17.3. The van der Waals surface area contributed by atoms with Crippen molar-refractivity contribution >= 4 is 0 Å². The van der Waals surface area contributed by atoms with Gasteiger partial charge < -0.3 is 14.9 Å². The number of aliphatic hydroxyl groups excluding tert-OH is 1. The first kappa shape index (κ1) is 16.9. The summed E-state index contributed by atoms with van der Waals surface area (Å²) in [5.74, 6) is 0.577. The number of aryl methyl sites for hydroxylation is 1. The smallest absolute Gasteiger partial charge is 0.213 e. The summed E-state index contributed by atoms with van der Waals surface area (Å²) in [6.45, 7) is 5.94. The molecule has 1 atom stereocenters. The Morgan fingerprint density at radius 3 is 2.71 bits per heavy atom. The molecule has 0 unspecified atom stereocenters. The van der Waals surface area contributed by atoms with E-state index in [4.69, 9.17) is 4.74 Å². The van der Waals surface area contributed by atoms with Crippen molar-refractivity contribution in [3.8, 4) is 17.0 Å². The number of benzene rings is 1. The van der Waals surface area contributed by atoms with E-state index >= 15 is 0 Å². The van der Waals surface area contributed by atoms with E-state index in [9.17, 15) is 10.2 Å². The number of pyridine rings is 1. The summed E-state index contributed by atoms with van der Waals surface area (Å²) >= 11 is 0. The van der Waals surface area contributed by atoms with Gasteiger partial charge in [0.15, 0.2) is 0 Å². The van der Waals surface area contributed by atoms with Gasteiger partial charge in [-0.05, 0) is 56.4 Å². The molecule has 4 nitrogen and oxygen atoms in total. The number of aromatic nitrogens is 1. The molecule has 1 aromatic heterocycles. The van der Waals surface area contributed by atoms with Crippen LogP contribution in [0.25, 0.3) is 11.1 Å². The zero-order valence-corrected chi connectivity index (χ0v) is 14.5. The molecule has 0 aliphatic heterocycles. The SMILES string of the molecule is Cc1nc(OCCC(C)(C)O)ccc1-c1cccc2c1CC[C@H]2O. The lowest BCUT2D eigenvalue weighted by Crippen LogP contribution is -2.22. The highest BCUT2D eigenvalue weighted by Gasteiger charge is 2.23. The standard InChI is InChI=1S/C20H25NO3/c1-13-14(8-10-19(21-13)24-12-11-20(2,3)23)15-5-4-6-17-16(15)7-9-18(17)22/h4-6,8,10,18,22-23H,7,9,11-12H2,1-3H3/t18-/m1/s1. The van der Waals surface area contributed by atoms with Crippen LogP contribution in [0, 0.1) is 6.92 Å². The van der Waals surface area contributed by atoms with E-state index < -0.39 is 5.60 Å². The third-order valence-electron chi connectivity index (χ3n) is 4.55. The number of aliphatic hydroxyl groups is 2. The maximum absolute atomic E-state index is 10.1. The van der Waals surface area contributed by atoms with Crippen LogP contribution in [0.3, 0.4) is 0 Å². The zero-order valence-electron chi connectivity index (χ0n) is 14.5. The van der Waals surface area contributed by atoms with Gasteiger partial charge in [-0.15, -0.1) is 0 Å². The quantitative estimate of drug-likeness (QED) is 0.881. The topological polar surface area (TPSA) is 62.6 Å². The molecule has 128 valence electrons. The van der Waals surface area contributed by atoms with Gasteiger partial charge in [0, 0.05) is 23.7 Å². The number of fused-ring (bicyclic) bond motifs is 1. The van der Waals surface area contributed by atoms with Crippen molar-refractivity contribution in [3.63, 3.8) is 0 Å². The molecule has 1 aliphatic carbocycles. The lowest BCUT2D eigenvalue weighted by Gasteiger charge is -2.17. The maximum atomic E-state index is 10.1. The molecule has 0 amide bonds. The lowest BCUT2D eigenvalue weighted by atomic mass is 9.96. The summed E-state index contributed by atoms with van der Waals surface area (Å²) in [6, 6.07) is 10.00. The fraction of sp³-hybridized carbons (Fsp3) is 0.450. The molecular weight excluding hydrogens is 302 g/mol. The highest BCUT2D eigenvalue weighted by molar-refractivity contribution is 5.72. The summed E-state index contributed by atoms with van der Waals surface area (Å²) in [5, 5.41) is 19.8. The van der Waals surface area contributed by atoms with Crippen molar-refractivity contribution in [3.05, 3.63) is 47.2 Å². The van der Waals surface area contributed by atoms with Crippen molar-refractivity contribution in [2.45, 2.75) is 51.7 Å². The second-order valence-corrected chi connectivity index (χ2v) is 7.12.